The number of fused-ring (bicyclic) bond motifs is 1. The zero-order valence-corrected chi connectivity index (χ0v) is 17.7. The van der Waals surface area contributed by atoms with Gasteiger partial charge in [0.05, 0.1) is 24.2 Å². The summed E-state index contributed by atoms with van der Waals surface area (Å²) in [5.74, 6) is -1.74. The summed E-state index contributed by atoms with van der Waals surface area (Å²) < 4.78 is 0. The van der Waals surface area contributed by atoms with Gasteiger partial charge < -0.3 is 30.9 Å². The third-order valence-corrected chi connectivity index (χ3v) is 8.52. The Hall–Kier alpha value is -1.13. The number of nitrogens with one attached hydrogen (secondary N) is 2. The highest BCUT2D eigenvalue weighted by Crippen LogP contribution is 2.51. The van der Waals surface area contributed by atoms with Crippen LogP contribution in [0, 0.1) is 17.8 Å². The lowest BCUT2D eigenvalue weighted by atomic mass is 9.79. The number of hydrogen-bond acceptors (Lipinski definition) is 7. The van der Waals surface area contributed by atoms with Gasteiger partial charge in [0, 0.05) is 28.7 Å². The first kappa shape index (κ1) is 21.1. The average Bonchev–Trinajstić information content (AvgIpc) is 3.24. The van der Waals surface area contributed by atoms with E-state index in [9.17, 15) is 24.9 Å². The first-order chi connectivity index (χ1) is 13.8. The number of carboxylic acid groups (broad SMARTS) is 1. The standard InChI is InChI=1S/C20H31N3O5S/c1-9-15-14(10(2)24)19(26)23(15)16(20(27)28)18(9)29-12-7-13(22-8-12)17(25)11-3-5-21-6-4-11/h9-15,17,21-22,24-25H,3-8H2,1-2H3,(H,27,28)/t9-,10?,12?,13+,14?,15?,17?/m1/s1. The molecule has 4 heterocycles. The number of carboxylic acids is 1. The van der Waals surface area contributed by atoms with E-state index in [0.717, 1.165) is 37.3 Å². The Morgan fingerprint density at radius 1 is 1.28 bits per heavy atom. The van der Waals surface area contributed by atoms with Crippen molar-refractivity contribution >= 4 is 23.6 Å². The molecule has 9 heteroatoms. The van der Waals surface area contributed by atoms with Gasteiger partial charge in [-0.05, 0) is 45.2 Å². The van der Waals surface area contributed by atoms with E-state index in [4.69, 9.17) is 0 Å². The van der Waals surface area contributed by atoms with Crippen LogP contribution in [0.15, 0.2) is 10.6 Å². The second-order valence-corrected chi connectivity index (χ2v) is 10.2. The highest BCUT2D eigenvalue weighted by Gasteiger charge is 2.60. The fourth-order valence-corrected chi connectivity index (χ4v) is 6.95. The van der Waals surface area contributed by atoms with Crippen LogP contribution in [0.5, 0.6) is 0 Å². The van der Waals surface area contributed by atoms with E-state index in [1.807, 2.05) is 6.92 Å². The van der Waals surface area contributed by atoms with E-state index in [2.05, 4.69) is 10.6 Å². The fourth-order valence-electron chi connectivity index (χ4n) is 5.46. The van der Waals surface area contributed by atoms with Crippen LogP contribution in [0.4, 0.5) is 0 Å². The predicted octanol–water partition coefficient (Wildman–Crippen LogP) is -0.0357. The van der Waals surface area contributed by atoms with Gasteiger partial charge in [-0.25, -0.2) is 4.79 Å². The Balaban J connectivity index is 1.45. The Morgan fingerprint density at radius 2 is 1.97 bits per heavy atom. The van der Waals surface area contributed by atoms with Crippen LogP contribution in [0.3, 0.4) is 0 Å². The summed E-state index contributed by atoms with van der Waals surface area (Å²) in [6, 6.07) is -0.258. The molecule has 0 spiro atoms. The van der Waals surface area contributed by atoms with Gasteiger partial charge in [0.25, 0.3) is 0 Å². The molecule has 4 aliphatic heterocycles. The van der Waals surface area contributed by atoms with E-state index >= 15 is 0 Å². The lowest BCUT2D eigenvalue weighted by molar-refractivity contribution is -0.163. The van der Waals surface area contributed by atoms with Crippen molar-refractivity contribution in [1.82, 2.24) is 15.5 Å². The molecule has 3 saturated heterocycles. The van der Waals surface area contributed by atoms with E-state index in [1.165, 1.54) is 16.7 Å². The number of rotatable bonds is 6. The van der Waals surface area contributed by atoms with Gasteiger partial charge in [-0.3, -0.25) is 4.79 Å². The largest absolute Gasteiger partial charge is 0.477 e. The molecule has 0 bridgehead atoms. The van der Waals surface area contributed by atoms with Gasteiger partial charge in [0.2, 0.25) is 5.91 Å². The van der Waals surface area contributed by atoms with Crippen LogP contribution in [0.25, 0.3) is 0 Å². The smallest absolute Gasteiger partial charge is 0.353 e. The number of amides is 1. The SMILES string of the molecule is CC(O)C1C(=O)N2C(C(=O)O)=C(SC3CN[C@H](C(O)C4CCNCC4)C3)[C@H](C)C12. The topological polar surface area (TPSA) is 122 Å². The number of hydrogen-bond donors (Lipinski definition) is 5. The number of carbonyl (C=O) groups excluding carboxylic acids is 1. The zero-order valence-electron chi connectivity index (χ0n) is 16.9. The molecule has 0 aliphatic carbocycles. The number of thioether (sulfide) groups is 1. The molecule has 162 valence electrons. The molecule has 0 radical (unpaired) electrons. The van der Waals surface area contributed by atoms with Crippen LogP contribution >= 0.6 is 11.8 Å². The quantitative estimate of drug-likeness (QED) is 0.376. The zero-order chi connectivity index (χ0) is 20.9. The first-order valence-electron chi connectivity index (χ1n) is 10.6. The van der Waals surface area contributed by atoms with Crippen molar-refractivity contribution in [3.63, 3.8) is 0 Å². The summed E-state index contributed by atoms with van der Waals surface area (Å²) in [5, 5.41) is 37.4. The number of aliphatic hydroxyl groups excluding tert-OH is 2. The van der Waals surface area contributed by atoms with Crippen molar-refractivity contribution in [3.8, 4) is 0 Å². The van der Waals surface area contributed by atoms with E-state index in [0.29, 0.717) is 12.5 Å². The number of β-lactam (4-membered cyclic amide) rings is 1. The number of aliphatic carboxylic acids is 1. The van der Waals surface area contributed by atoms with Crippen LogP contribution in [-0.4, -0.2) is 81.3 Å². The van der Waals surface area contributed by atoms with Crippen molar-refractivity contribution < 1.29 is 24.9 Å². The van der Waals surface area contributed by atoms with Crippen molar-refractivity contribution in [2.24, 2.45) is 17.8 Å². The molecule has 8 nitrogen and oxygen atoms in total. The molecule has 7 atom stereocenters. The minimum atomic E-state index is -1.09. The summed E-state index contributed by atoms with van der Waals surface area (Å²) in [7, 11) is 0. The molecule has 3 fully saturated rings. The average molecular weight is 426 g/mol. The summed E-state index contributed by atoms with van der Waals surface area (Å²) in [4.78, 5) is 26.5. The fraction of sp³-hybridized carbons (Fsp3) is 0.800. The molecule has 0 aromatic heterocycles. The second-order valence-electron chi connectivity index (χ2n) is 8.84. The number of carbonyl (C=O) groups is 2. The third-order valence-electron chi connectivity index (χ3n) is 7.01. The van der Waals surface area contributed by atoms with E-state index < -0.39 is 24.1 Å². The van der Waals surface area contributed by atoms with Crippen molar-refractivity contribution in [2.75, 3.05) is 19.6 Å². The van der Waals surface area contributed by atoms with Crippen LogP contribution in [0.2, 0.25) is 0 Å². The molecular weight excluding hydrogens is 394 g/mol. The molecule has 4 aliphatic rings. The Morgan fingerprint density at radius 3 is 2.59 bits per heavy atom. The summed E-state index contributed by atoms with van der Waals surface area (Å²) in [6.07, 6.45) is 1.54. The van der Waals surface area contributed by atoms with E-state index in [-0.39, 0.29) is 34.9 Å². The molecule has 5 N–H and O–H groups in total. The molecule has 29 heavy (non-hydrogen) atoms. The third kappa shape index (κ3) is 3.61. The monoisotopic (exact) mass is 425 g/mol. The van der Waals surface area contributed by atoms with Crippen LogP contribution in [0.1, 0.15) is 33.1 Å². The maximum atomic E-state index is 12.5. The maximum Gasteiger partial charge on any atom is 0.353 e. The van der Waals surface area contributed by atoms with E-state index in [1.54, 1.807) is 6.92 Å². The first-order valence-corrected chi connectivity index (χ1v) is 11.5. The molecule has 0 aromatic carbocycles. The van der Waals surface area contributed by atoms with Crippen LogP contribution in [-0.2, 0) is 9.59 Å². The Labute approximate surface area is 175 Å². The molecule has 5 unspecified atom stereocenters. The highest BCUT2D eigenvalue weighted by atomic mass is 32.2. The van der Waals surface area contributed by atoms with Crippen molar-refractivity contribution in [3.05, 3.63) is 10.6 Å². The number of piperidine rings is 1. The molecule has 0 saturated carbocycles. The lowest BCUT2D eigenvalue weighted by Gasteiger charge is -2.46. The van der Waals surface area contributed by atoms with Gasteiger partial charge >= 0.3 is 5.97 Å². The summed E-state index contributed by atoms with van der Waals surface area (Å²) in [6.45, 7) is 6.12. The Kier molecular flexibility index (Phi) is 5.96. The van der Waals surface area contributed by atoms with Crippen LogP contribution < -0.4 is 10.6 Å². The molecule has 4 rings (SSSR count). The molecule has 0 aromatic rings. The van der Waals surface area contributed by atoms with Crippen molar-refractivity contribution in [1.29, 1.82) is 0 Å². The normalized spacial score (nSPS) is 37.4. The van der Waals surface area contributed by atoms with Gasteiger partial charge in [0.1, 0.15) is 5.70 Å². The van der Waals surface area contributed by atoms with Gasteiger partial charge in [-0.2, -0.15) is 0 Å². The van der Waals surface area contributed by atoms with Gasteiger partial charge in [0.15, 0.2) is 0 Å². The summed E-state index contributed by atoms with van der Waals surface area (Å²) >= 11 is 1.53. The minimum Gasteiger partial charge on any atom is -0.477 e. The minimum absolute atomic E-state index is 0.0186. The molecular formula is C20H31N3O5S. The lowest BCUT2D eigenvalue weighted by Crippen LogP contribution is -2.63. The number of nitrogens with zero attached hydrogens (tertiary/aromatic N) is 1. The number of aliphatic hydroxyl groups is 2. The van der Waals surface area contributed by atoms with Crippen molar-refractivity contribution in [2.45, 2.75) is 62.7 Å². The summed E-state index contributed by atoms with van der Waals surface area (Å²) in [5.41, 5.74) is 0.0803. The van der Waals surface area contributed by atoms with Gasteiger partial charge in [-0.15, -0.1) is 11.8 Å². The predicted molar refractivity (Wildman–Crippen MR) is 109 cm³/mol. The van der Waals surface area contributed by atoms with Gasteiger partial charge in [-0.1, -0.05) is 6.92 Å². The molecule has 1 amide bonds. The highest BCUT2D eigenvalue weighted by molar-refractivity contribution is 8.03. The second kappa shape index (κ2) is 8.19. The maximum absolute atomic E-state index is 12.5. The Bertz CT molecular complexity index is 708.